The summed E-state index contributed by atoms with van der Waals surface area (Å²) >= 11 is 1.20. The predicted octanol–water partition coefficient (Wildman–Crippen LogP) is -2.51. The zero-order chi connectivity index (χ0) is 31.9. The molecule has 0 saturated heterocycles. The van der Waals surface area contributed by atoms with Crippen LogP contribution in [-0.4, -0.2) is 116 Å². The summed E-state index contributed by atoms with van der Waals surface area (Å²) in [6.45, 7) is 3.64. The van der Waals surface area contributed by atoms with Crippen LogP contribution >= 0.6 is 11.8 Å². The van der Waals surface area contributed by atoms with Crippen LogP contribution in [0, 0.1) is 0 Å². The Morgan fingerprint density at radius 3 is 2.14 bits per heavy atom. The standard InChI is InChI=1S/C25H43N5O11S/c1-4-22(35)40-10-6-17(41-23(36)5-2)14-42-15-19(29-16(3)32)25(38)30-18(13-31)24(37)27-8-11-39-9-7-21(34)28-12-20(26)33/h17-19,31H,4-15H2,1-3H3,(H2,26,33)(H,27,37)(H,28,34)(H,29,32)(H,30,38). The van der Waals surface area contributed by atoms with E-state index in [0.717, 1.165) is 0 Å². The normalized spacial score (nSPS) is 12.7. The van der Waals surface area contributed by atoms with Crippen molar-refractivity contribution in [3.05, 3.63) is 0 Å². The molecule has 0 aromatic rings. The number of nitrogens with one attached hydrogen (secondary N) is 4. The second kappa shape index (κ2) is 23.2. The maximum absolute atomic E-state index is 12.8. The van der Waals surface area contributed by atoms with E-state index >= 15 is 0 Å². The third-order valence-corrected chi connectivity index (χ3v) is 6.33. The highest BCUT2D eigenvalue weighted by Crippen LogP contribution is 2.13. The highest BCUT2D eigenvalue weighted by atomic mass is 32.2. The minimum absolute atomic E-state index is 0.0184. The van der Waals surface area contributed by atoms with Crippen LogP contribution in [0.25, 0.3) is 0 Å². The number of amides is 5. The number of primary amides is 1. The van der Waals surface area contributed by atoms with Gasteiger partial charge in [0.15, 0.2) is 0 Å². The maximum Gasteiger partial charge on any atom is 0.305 e. The number of hydrogen-bond acceptors (Lipinski definition) is 12. The molecule has 240 valence electrons. The molecule has 0 bridgehead atoms. The highest BCUT2D eigenvalue weighted by Gasteiger charge is 2.26. The fraction of sp³-hybridized carbons (Fsp3) is 0.720. The van der Waals surface area contributed by atoms with Crippen molar-refractivity contribution in [3.63, 3.8) is 0 Å². The Kier molecular flexibility index (Phi) is 21.3. The maximum atomic E-state index is 12.8. The van der Waals surface area contributed by atoms with E-state index in [1.54, 1.807) is 13.8 Å². The second-order valence-electron chi connectivity index (χ2n) is 8.76. The van der Waals surface area contributed by atoms with E-state index < -0.39 is 60.3 Å². The van der Waals surface area contributed by atoms with E-state index in [4.69, 9.17) is 19.9 Å². The number of aliphatic hydroxyl groups is 1. The fourth-order valence-corrected chi connectivity index (χ4v) is 4.08. The molecule has 0 aromatic heterocycles. The molecule has 3 unspecified atom stereocenters. The van der Waals surface area contributed by atoms with Crippen LogP contribution in [-0.2, 0) is 47.8 Å². The molecule has 0 aromatic carbocycles. The van der Waals surface area contributed by atoms with Crippen molar-refractivity contribution in [1.29, 1.82) is 0 Å². The molecule has 0 spiro atoms. The lowest BCUT2D eigenvalue weighted by atomic mass is 10.2. The van der Waals surface area contributed by atoms with Crippen LogP contribution in [0.5, 0.6) is 0 Å². The van der Waals surface area contributed by atoms with Crippen LogP contribution in [0.1, 0.15) is 46.5 Å². The number of esters is 2. The average Bonchev–Trinajstić information content (AvgIpc) is 2.94. The zero-order valence-corrected chi connectivity index (χ0v) is 25.0. The van der Waals surface area contributed by atoms with Gasteiger partial charge in [-0.15, -0.1) is 0 Å². The third-order valence-electron chi connectivity index (χ3n) is 5.16. The van der Waals surface area contributed by atoms with Crippen molar-refractivity contribution < 1.29 is 52.9 Å². The third kappa shape index (κ3) is 19.6. The Morgan fingerprint density at radius 1 is 0.857 bits per heavy atom. The Balaban J connectivity index is 4.77. The van der Waals surface area contributed by atoms with Crippen molar-refractivity contribution in [2.75, 3.05) is 51.0 Å². The average molecular weight is 622 g/mol. The number of thioether (sulfide) groups is 1. The van der Waals surface area contributed by atoms with Crippen LogP contribution in [0.4, 0.5) is 0 Å². The van der Waals surface area contributed by atoms with Crippen molar-refractivity contribution in [1.82, 2.24) is 21.3 Å². The quantitative estimate of drug-likeness (QED) is 0.0512. The van der Waals surface area contributed by atoms with Gasteiger partial charge in [0, 0.05) is 50.7 Å². The van der Waals surface area contributed by atoms with Crippen LogP contribution < -0.4 is 27.0 Å². The molecule has 17 heteroatoms. The highest BCUT2D eigenvalue weighted by molar-refractivity contribution is 7.99. The van der Waals surface area contributed by atoms with Gasteiger partial charge in [0.1, 0.15) is 18.2 Å². The molecule has 0 radical (unpaired) electrons. The lowest BCUT2D eigenvalue weighted by molar-refractivity contribution is -0.150. The summed E-state index contributed by atoms with van der Waals surface area (Å²) in [5.74, 6) is -3.54. The molecule has 16 nitrogen and oxygen atoms in total. The van der Waals surface area contributed by atoms with Crippen LogP contribution in [0.3, 0.4) is 0 Å². The molecule has 3 atom stereocenters. The molecule has 42 heavy (non-hydrogen) atoms. The van der Waals surface area contributed by atoms with Gasteiger partial charge < -0.3 is 46.3 Å². The van der Waals surface area contributed by atoms with Gasteiger partial charge in [-0.1, -0.05) is 13.8 Å². The monoisotopic (exact) mass is 621 g/mol. The molecule has 0 saturated carbocycles. The topological polar surface area (TPSA) is 242 Å². The minimum Gasteiger partial charge on any atom is -0.466 e. The Morgan fingerprint density at radius 2 is 1.55 bits per heavy atom. The molecule has 0 aliphatic carbocycles. The summed E-state index contributed by atoms with van der Waals surface area (Å²) in [4.78, 5) is 82.2. The Labute approximate surface area is 248 Å². The van der Waals surface area contributed by atoms with Gasteiger partial charge in [-0.05, 0) is 0 Å². The van der Waals surface area contributed by atoms with Crippen molar-refractivity contribution in [3.8, 4) is 0 Å². The van der Waals surface area contributed by atoms with Gasteiger partial charge in [0.05, 0.1) is 33.0 Å². The molecule has 5 amide bonds. The summed E-state index contributed by atoms with van der Waals surface area (Å²) in [5.41, 5.74) is 4.93. The van der Waals surface area contributed by atoms with Gasteiger partial charge in [0.25, 0.3) is 0 Å². The molecule has 0 heterocycles. The van der Waals surface area contributed by atoms with E-state index in [2.05, 4.69) is 21.3 Å². The Hall–Kier alpha value is -3.44. The first-order valence-electron chi connectivity index (χ1n) is 13.4. The number of rotatable bonds is 23. The lowest BCUT2D eigenvalue weighted by Gasteiger charge is -2.22. The number of carbonyl (C=O) groups excluding carboxylic acids is 7. The van der Waals surface area contributed by atoms with Crippen molar-refractivity contribution in [2.24, 2.45) is 5.73 Å². The van der Waals surface area contributed by atoms with Crippen molar-refractivity contribution >= 4 is 53.2 Å². The van der Waals surface area contributed by atoms with Gasteiger partial charge in [-0.25, -0.2) is 0 Å². The number of hydrogen-bond donors (Lipinski definition) is 6. The lowest BCUT2D eigenvalue weighted by Crippen LogP contribution is -2.55. The molecular weight excluding hydrogens is 578 g/mol. The van der Waals surface area contributed by atoms with Gasteiger partial charge >= 0.3 is 11.9 Å². The van der Waals surface area contributed by atoms with Gasteiger partial charge in [-0.3, -0.25) is 33.6 Å². The number of nitrogens with two attached hydrogens (primary N) is 1. The predicted molar refractivity (Wildman–Crippen MR) is 151 cm³/mol. The van der Waals surface area contributed by atoms with Crippen LogP contribution in [0.2, 0.25) is 0 Å². The molecule has 0 aliphatic heterocycles. The first kappa shape index (κ1) is 38.6. The minimum atomic E-state index is -1.31. The molecule has 0 fully saturated rings. The van der Waals surface area contributed by atoms with E-state index in [1.807, 2.05) is 0 Å². The second-order valence-corrected chi connectivity index (χ2v) is 9.83. The number of carbonyl (C=O) groups is 7. The van der Waals surface area contributed by atoms with Crippen molar-refractivity contribution in [2.45, 2.75) is 64.6 Å². The summed E-state index contributed by atoms with van der Waals surface area (Å²) in [6, 6.07) is -2.39. The summed E-state index contributed by atoms with van der Waals surface area (Å²) in [6.07, 6.45) is -0.00784. The fourth-order valence-electron chi connectivity index (χ4n) is 2.97. The van der Waals surface area contributed by atoms with E-state index in [0.29, 0.717) is 0 Å². The summed E-state index contributed by atoms with van der Waals surface area (Å²) in [5, 5.41) is 19.3. The smallest absolute Gasteiger partial charge is 0.305 e. The largest absolute Gasteiger partial charge is 0.466 e. The first-order valence-corrected chi connectivity index (χ1v) is 14.6. The first-order chi connectivity index (χ1) is 19.9. The van der Waals surface area contributed by atoms with Gasteiger partial charge in [-0.2, -0.15) is 11.8 Å². The molecule has 0 rings (SSSR count). The van der Waals surface area contributed by atoms with Gasteiger partial charge in [0.2, 0.25) is 29.5 Å². The summed E-state index contributed by atoms with van der Waals surface area (Å²) < 4.78 is 15.6. The number of ether oxygens (including phenoxy) is 3. The number of aliphatic hydroxyl groups excluding tert-OH is 1. The van der Waals surface area contributed by atoms with Crippen LogP contribution in [0.15, 0.2) is 0 Å². The molecule has 7 N–H and O–H groups in total. The van der Waals surface area contributed by atoms with E-state index in [9.17, 15) is 38.7 Å². The summed E-state index contributed by atoms with van der Waals surface area (Å²) in [7, 11) is 0. The molecule has 0 aliphatic rings. The molecular formula is C25H43N5O11S. The SMILES string of the molecule is CCC(=O)OCCC(CSCC(NC(C)=O)C(=O)NC(CO)C(=O)NCCOCCC(=O)NCC(N)=O)OC(=O)CC. The van der Waals surface area contributed by atoms with E-state index in [-0.39, 0.29) is 76.1 Å². The Bertz CT molecular complexity index is 906. The zero-order valence-electron chi connectivity index (χ0n) is 24.2. The van der Waals surface area contributed by atoms with E-state index in [1.165, 1.54) is 18.7 Å².